The molecule has 1 N–H and O–H groups in total. The molecular weight excluding hydrogens is 302 g/mol. The van der Waals surface area contributed by atoms with Gasteiger partial charge in [0, 0.05) is 6.54 Å². The van der Waals surface area contributed by atoms with Crippen molar-refractivity contribution in [2.24, 2.45) is 0 Å². The van der Waals surface area contributed by atoms with Crippen LogP contribution in [0.25, 0.3) is 0 Å². The van der Waals surface area contributed by atoms with Crippen molar-refractivity contribution in [1.29, 1.82) is 0 Å². The first kappa shape index (κ1) is 23.2. The van der Waals surface area contributed by atoms with Gasteiger partial charge in [-0.15, -0.1) is 0 Å². The van der Waals surface area contributed by atoms with Crippen LogP contribution in [0.15, 0.2) is 73.0 Å². The van der Waals surface area contributed by atoms with E-state index in [0.29, 0.717) is 0 Å². The van der Waals surface area contributed by atoms with Crippen molar-refractivity contribution in [2.75, 3.05) is 6.54 Å². The van der Waals surface area contributed by atoms with E-state index in [1.165, 1.54) is 57.8 Å². The van der Waals surface area contributed by atoms with Gasteiger partial charge in [-0.2, -0.15) is 0 Å². The van der Waals surface area contributed by atoms with Crippen LogP contribution in [0, 0.1) is 0 Å². The minimum Gasteiger partial charge on any atom is -0.391 e. The van der Waals surface area contributed by atoms with Gasteiger partial charge in [0.25, 0.3) is 0 Å². The third-order valence-corrected chi connectivity index (χ3v) is 3.78. The SMILES string of the molecule is CCCCCCCCCCC=CC=CC=CC=CC=CC=CNCC. The molecule has 0 rings (SSSR count). The zero-order chi connectivity index (χ0) is 18.3. The fraction of sp³-hybridized carbons (Fsp3) is 0.500. The molecule has 0 atom stereocenters. The van der Waals surface area contributed by atoms with E-state index in [0.717, 1.165) is 6.54 Å². The highest BCUT2D eigenvalue weighted by Gasteiger charge is 1.89. The lowest BCUT2D eigenvalue weighted by molar-refractivity contribution is 0.577. The van der Waals surface area contributed by atoms with Crippen LogP contribution in [0.5, 0.6) is 0 Å². The van der Waals surface area contributed by atoms with Crippen LogP contribution in [0.2, 0.25) is 0 Å². The average Bonchev–Trinajstić information content (AvgIpc) is 2.63. The Morgan fingerprint density at radius 3 is 1.56 bits per heavy atom. The Labute approximate surface area is 157 Å². The second kappa shape index (κ2) is 22.2. The molecule has 0 amide bonds. The van der Waals surface area contributed by atoms with Gasteiger partial charge in [-0.25, -0.2) is 0 Å². The number of nitrogens with one attached hydrogen (secondary N) is 1. The van der Waals surface area contributed by atoms with Crippen LogP contribution >= 0.6 is 0 Å². The van der Waals surface area contributed by atoms with Crippen molar-refractivity contribution in [1.82, 2.24) is 5.32 Å². The summed E-state index contributed by atoms with van der Waals surface area (Å²) in [7, 11) is 0. The third-order valence-electron chi connectivity index (χ3n) is 3.78. The highest BCUT2D eigenvalue weighted by Crippen LogP contribution is 2.09. The lowest BCUT2D eigenvalue weighted by Crippen LogP contribution is -2.00. The third kappa shape index (κ3) is 22.2. The van der Waals surface area contributed by atoms with E-state index in [1.54, 1.807) is 0 Å². The highest BCUT2D eigenvalue weighted by atomic mass is 14.8. The number of hydrogen-bond acceptors (Lipinski definition) is 1. The van der Waals surface area contributed by atoms with Crippen molar-refractivity contribution >= 4 is 0 Å². The van der Waals surface area contributed by atoms with Crippen LogP contribution in [-0.2, 0) is 0 Å². The number of rotatable bonds is 16. The summed E-state index contributed by atoms with van der Waals surface area (Å²) < 4.78 is 0. The molecule has 0 spiro atoms. The van der Waals surface area contributed by atoms with E-state index in [4.69, 9.17) is 0 Å². The van der Waals surface area contributed by atoms with Crippen LogP contribution in [0.4, 0.5) is 0 Å². The smallest absolute Gasteiger partial charge is 0.0113 e. The van der Waals surface area contributed by atoms with Gasteiger partial charge in [0.2, 0.25) is 0 Å². The Morgan fingerprint density at radius 2 is 1.00 bits per heavy atom. The monoisotopic (exact) mass is 341 g/mol. The summed E-state index contributed by atoms with van der Waals surface area (Å²) in [6.45, 7) is 5.32. The molecular formula is C24H39N. The molecule has 1 nitrogen and oxygen atoms in total. The van der Waals surface area contributed by atoms with E-state index in [1.807, 2.05) is 42.7 Å². The summed E-state index contributed by atoms with van der Waals surface area (Å²) in [5, 5.41) is 3.12. The maximum absolute atomic E-state index is 3.12. The number of allylic oxidation sites excluding steroid dienone is 11. The Morgan fingerprint density at radius 1 is 0.520 bits per heavy atom. The molecule has 0 unspecified atom stereocenters. The molecule has 25 heavy (non-hydrogen) atoms. The Hall–Kier alpha value is -1.76. The summed E-state index contributed by atoms with van der Waals surface area (Å²) in [6, 6.07) is 0. The second-order valence-corrected chi connectivity index (χ2v) is 6.15. The molecule has 0 radical (unpaired) electrons. The molecule has 0 aliphatic carbocycles. The van der Waals surface area contributed by atoms with Crippen molar-refractivity contribution in [3.63, 3.8) is 0 Å². The number of hydrogen-bond donors (Lipinski definition) is 1. The normalized spacial score (nSPS) is 13.0. The summed E-state index contributed by atoms with van der Waals surface area (Å²) in [4.78, 5) is 0. The molecule has 1 heteroatoms. The highest BCUT2D eigenvalue weighted by molar-refractivity contribution is 5.19. The van der Waals surface area contributed by atoms with E-state index in [9.17, 15) is 0 Å². The maximum Gasteiger partial charge on any atom is 0.0113 e. The lowest BCUT2D eigenvalue weighted by atomic mass is 10.1. The topological polar surface area (TPSA) is 12.0 Å². The molecule has 0 bridgehead atoms. The van der Waals surface area contributed by atoms with Crippen molar-refractivity contribution < 1.29 is 0 Å². The maximum atomic E-state index is 3.12. The predicted octanol–water partition coefficient (Wildman–Crippen LogP) is 7.42. The van der Waals surface area contributed by atoms with Crippen LogP contribution in [0.3, 0.4) is 0 Å². The van der Waals surface area contributed by atoms with E-state index >= 15 is 0 Å². The van der Waals surface area contributed by atoms with Gasteiger partial charge in [0.05, 0.1) is 0 Å². The first-order valence-corrected chi connectivity index (χ1v) is 10.1. The molecule has 0 aromatic rings. The molecule has 0 aliphatic rings. The van der Waals surface area contributed by atoms with Crippen LogP contribution < -0.4 is 5.32 Å². The van der Waals surface area contributed by atoms with Crippen LogP contribution in [-0.4, -0.2) is 6.54 Å². The fourth-order valence-electron chi connectivity index (χ4n) is 2.33. The standard InChI is InChI=1S/C24H39N/c1-3-5-6-7-8-9-10-11-12-13-14-15-16-17-18-19-20-21-22-23-24-25-4-2/h13-25H,3-12H2,1-2H3. The van der Waals surface area contributed by atoms with Crippen LogP contribution in [0.1, 0.15) is 71.6 Å². The van der Waals surface area contributed by atoms with Gasteiger partial charge in [0.15, 0.2) is 0 Å². The summed E-state index contributed by atoms with van der Waals surface area (Å²) >= 11 is 0. The number of unbranched alkanes of at least 4 members (excludes halogenated alkanes) is 8. The summed E-state index contributed by atoms with van der Waals surface area (Å²) in [5.41, 5.74) is 0. The minimum absolute atomic E-state index is 0.961. The van der Waals surface area contributed by atoms with Gasteiger partial charge in [0.1, 0.15) is 0 Å². The van der Waals surface area contributed by atoms with Gasteiger partial charge in [-0.1, -0.05) is 113 Å². The molecule has 0 aliphatic heterocycles. The summed E-state index contributed by atoms with van der Waals surface area (Å²) in [6.07, 6.45) is 37.1. The largest absolute Gasteiger partial charge is 0.391 e. The van der Waals surface area contributed by atoms with Crippen molar-refractivity contribution in [2.45, 2.75) is 71.6 Å². The molecule has 0 heterocycles. The molecule has 0 aromatic carbocycles. The van der Waals surface area contributed by atoms with Gasteiger partial charge in [-0.05, 0) is 32.0 Å². The van der Waals surface area contributed by atoms with E-state index in [2.05, 4.69) is 49.5 Å². The van der Waals surface area contributed by atoms with E-state index in [-0.39, 0.29) is 0 Å². The zero-order valence-electron chi connectivity index (χ0n) is 16.5. The van der Waals surface area contributed by atoms with Crippen molar-refractivity contribution in [3.05, 3.63) is 73.0 Å². The second-order valence-electron chi connectivity index (χ2n) is 6.15. The minimum atomic E-state index is 0.961. The summed E-state index contributed by atoms with van der Waals surface area (Å²) in [5.74, 6) is 0. The van der Waals surface area contributed by atoms with Gasteiger partial charge in [-0.3, -0.25) is 0 Å². The van der Waals surface area contributed by atoms with Gasteiger partial charge < -0.3 is 5.32 Å². The first-order chi connectivity index (χ1) is 12.4. The molecule has 0 aromatic heterocycles. The fourth-order valence-corrected chi connectivity index (χ4v) is 2.33. The Bertz CT molecular complexity index is 421. The van der Waals surface area contributed by atoms with E-state index < -0.39 is 0 Å². The Kier molecular flexibility index (Phi) is 20.7. The quantitative estimate of drug-likeness (QED) is 0.227. The predicted molar refractivity (Wildman–Crippen MR) is 116 cm³/mol. The molecule has 0 fully saturated rings. The van der Waals surface area contributed by atoms with Crippen molar-refractivity contribution in [3.8, 4) is 0 Å². The molecule has 0 saturated heterocycles. The first-order valence-electron chi connectivity index (χ1n) is 10.1. The Balaban J connectivity index is 3.50. The average molecular weight is 342 g/mol. The zero-order valence-corrected chi connectivity index (χ0v) is 16.5. The molecule has 140 valence electrons. The lowest BCUT2D eigenvalue weighted by Gasteiger charge is -1.99. The van der Waals surface area contributed by atoms with Gasteiger partial charge >= 0.3 is 0 Å². The molecule has 0 saturated carbocycles.